The molecular formula is C30H21N3O3. The zero-order valence-electron chi connectivity index (χ0n) is 19.2. The van der Waals surface area contributed by atoms with E-state index in [9.17, 15) is 14.4 Å². The Hall–Kier alpha value is -4.58. The van der Waals surface area contributed by atoms with Gasteiger partial charge in [0.2, 0.25) is 11.8 Å². The quantitative estimate of drug-likeness (QED) is 0.323. The zero-order valence-corrected chi connectivity index (χ0v) is 19.2. The number of rotatable bonds is 3. The summed E-state index contributed by atoms with van der Waals surface area (Å²) < 4.78 is 0. The van der Waals surface area contributed by atoms with Crippen LogP contribution in [-0.2, 0) is 9.59 Å². The standard InChI is InChI=1S/C30H21N3O3/c34-28(19-9-2-1-3-10-19)27-25-24(26-23-13-7-6-12-21(23)17-31-33(26)27)29(35)32(30(25)36)22-15-14-18-8-4-5-11-20(18)16-22/h1-17,24-27H/t24-,25+,26+,27-/m0/s1. The van der Waals surface area contributed by atoms with E-state index < -0.39 is 23.9 Å². The van der Waals surface area contributed by atoms with Gasteiger partial charge in [0.05, 0.1) is 29.8 Å². The summed E-state index contributed by atoms with van der Waals surface area (Å²) in [5.74, 6) is -2.38. The van der Waals surface area contributed by atoms with Crippen molar-refractivity contribution in [2.45, 2.75) is 12.1 Å². The van der Waals surface area contributed by atoms with Crippen molar-refractivity contribution in [2.24, 2.45) is 16.9 Å². The van der Waals surface area contributed by atoms with Gasteiger partial charge in [-0.3, -0.25) is 19.4 Å². The van der Waals surface area contributed by atoms with Crippen LogP contribution in [0.15, 0.2) is 102 Å². The molecule has 0 unspecified atom stereocenters. The van der Waals surface area contributed by atoms with Gasteiger partial charge >= 0.3 is 0 Å². The highest BCUT2D eigenvalue weighted by atomic mass is 16.2. The number of ketones is 1. The molecular weight excluding hydrogens is 450 g/mol. The van der Waals surface area contributed by atoms with Crippen molar-refractivity contribution in [1.29, 1.82) is 0 Å². The highest BCUT2D eigenvalue weighted by Gasteiger charge is 2.65. The number of amides is 2. The smallest absolute Gasteiger partial charge is 0.240 e. The highest BCUT2D eigenvalue weighted by Crippen LogP contribution is 2.53. The van der Waals surface area contributed by atoms with Crippen LogP contribution in [-0.4, -0.2) is 34.9 Å². The average molecular weight is 472 g/mol. The molecule has 0 radical (unpaired) electrons. The Balaban J connectivity index is 1.38. The summed E-state index contributed by atoms with van der Waals surface area (Å²) in [6.07, 6.45) is 1.72. The number of fused-ring (bicyclic) bond motifs is 6. The summed E-state index contributed by atoms with van der Waals surface area (Å²) in [5, 5.41) is 8.28. The van der Waals surface area contributed by atoms with Crippen molar-refractivity contribution < 1.29 is 14.4 Å². The zero-order chi connectivity index (χ0) is 24.4. The normalized spacial score (nSPS) is 24.1. The molecule has 6 heteroatoms. The third kappa shape index (κ3) is 2.84. The van der Waals surface area contributed by atoms with Gasteiger partial charge in [-0.1, -0.05) is 84.9 Å². The maximum Gasteiger partial charge on any atom is 0.240 e. The van der Waals surface area contributed by atoms with Gasteiger partial charge in [-0.05, 0) is 34.0 Å². The first-order valence-corrected chi connectivity index (χ1v) is 12.0. The van der Waals surface area contributed by atoms with E-state index in [1.807, 2.05) is 66.7 Å². The van der Waals surface area contributed by atoms with Crippen molar-refractivity contribution >= 4 is 40.3 Å². The van der Waals surface area contributed by atoms with E-state index in [1.54, 1.807) is 41.6 Å². The monoisotopic (exact) mass is 471 g/mol. The van der Waals surface area contributed by atoms with Crippen LogP contribution >= 0.6 is 0 Å². The van der Waals surface area contributed by atoms with E-state index in [1.165, 1.54) is 4.90 Å². The van der Waals surface area contributed by atoms with E-state index in [2.05, 4.69) is 5.10 Å². The molecule has 0 N–H and O–H groups in total. The largest absolute Gasteiger partial charge is 0.292 e. The van der Waals surface area contributed by atoms with Crippen LogP contribution in [0.1, 0.15) is 27.5 Å². The number of benzene rings is 4. The van der Waals surface area contributed by atoms with Gasteiger partial charge in [0.1, 0.15) is 6.04 Å². The molecule has 0 aliphatic carbocycles. The molecule has 2 amide bonds. The van der Waals surface area contributed by atoms with E-state index in [-0.39, 0.29) is 17.6 Å². The molecule has 4 aromatic carbocycles. The van der Waals surface area contributed by atoms with Gasteiger partial charge in [0, 0.05) is 5.56 Å². The van der Waals surface area contributed by atoms with Gasteiger partial charge in [-0.2, -0.15) is 5.10 Å². The lowest BCUT2D eigenvalue weighted by atomic mass is 9.83. The number of hydrogen-bond acceptors (Lipinski definition) is 5. The van der Waals surface area contributed by atoms with Gasteiger partial charge in [0.15, 0.2) is 5.78 Å². The van der Waals surface area contributed by atoms with E-state index in [0.29, 0.717) is 11.3 Å². The fraction of sp³-hybridized carbons (Fsp3) is 0.133. The number of imide groups is 1. The molecule has 3 heterocycles. The maximum atomic E-state index is 14.0. The summed E-state index contributed by atoms with van der Waals surface area (Å²) in [4.78, 5) is 43.1. The second-order valence-corrected chi connectivity index (χ2v) is 9.47. The number of anilines is 1. The Labute approximate surface area is 207 Å². The summed E-state index contributed by atoms with van der Waals surface area (Å²) in [6, 6.07) is 28.7. The van der Waals surface area contributed by atoms with Crippen LogP contribution < -0.4 is 4.90 Å². The summed E-state index contributed by atoms with van der Waals surface area (Å²) in [7, 11) is 0. The highest BCUT2D eigenvalue weighted by molar-refractivity contribution is 6.25. The predicted molar refractivity (Wildman–Crippen MR) is 137 cm³/mol. The topological polar surface area (TPSA) is 70.0 Å². The van der Waals surface area contributed by atoms with Crippen LogP contribution in [0.25, 0.3) is 10.8 Å². The van der Waals surface area contributed by atoms with Crippen molar-refractivity contribution in [3.63, 3.8) is 0 Å². The molecule has 0 spiro atoms. The summed E-state index contributed by atoms with van der Waals surface area (Å²) in [5.41, 5.74) is 2.84. The van der Waals surface area contributed by atoms with Crippen LogP contribution in [0.4, 0.5) is 5.69 Å². The fourth-order valence-corrected chi connectivity index (χ4v) is 6.01. The molecule has 2 fully saturated rings. The third-order valence-electron chi connectivity index (χ3n) is 7.61. The van der Waals surface area contributed by atoms with Gasteiger partial charge in [0.25, 0.3) is 0 Å². The molecule has 174 valence electrons. The first-order valence-electron chi connectivity index (χ1n) is 12.0. The van der Waals surface area contributed by atoms with E-state index >= 15 is 0 Å². The Morgan fingerprint density at radius 3 is 2.25 bits per heavy atom. The summed E-state index contributed by atoms with van der Waals surface area (Å²) >= 11 is 0. The number of Topliss-reactive ketones (excluding diaryl/α,β-unsaturated/α-hetero) is 1. The third-order valence-corrected chi connectivity index (χ3v) is 7.61. The Morgan fingerprint density at radius 2 is 1.42 bits per heavy atom. The van der Waals surface area contributed by atoms with Gasteiger partial charge < -0.3 is 0 Å². The minimum Gasteiger partial charge on any atom is -0.292 e. The number of carbonyl (C=O) groups is 3. The number of hydrogen-bond donors (Lipinski definition) is 0. The van der Waals surface area contributed by atoms with Crippen molar-refractivity contribution in [3.05, 3.63) is 114 Å². The molecule has 2 saturated heterocycles. The summed E-state index contributed by atoms with van der Waals surface area (Å²) in [6.45, 7) is 0. The molecule has 0 saturated carbocycles. The minimum absolute atomic E-state index is 0.203. The lowest BCUT2D eigenvalue weighted by Crippen LogP contribution is -2.44. The molecule has 4 atom stereocenters. The SMILES string of the molecule is O=C(c1ccccc1)[C@@H]1[C@@H]2C(=O)N(c3ccc4ccccc4c3)C(=O)[C@@H]2[C@H]2c3ccccc3C=NN12. The molecule has 3 aliphatic heterocycles. The first kappa shape index (κ1) is 20.8. The van der Waals surface area contributed by atoms with E-state index in [4.69, 9.17) is 0 Å². The van der Waals surface area contributed by atoms with Crippen LogP contribution in [0.5, 0.6) is 0 Å². The molecule has 36 heavy (non-hydrogen) atoms. The Kier molecular flexibility index (Phi) is 4.45. The van der Waals surface area contributed by atoms with E-state index in [0.717, 1.165) is 21.9 Å². The number of carbonyl (C=O) groups excluding carboxylic acids is 3. The Morgan fingerprint density at radius 1 is 0.722 bits per heavy atom. The number of nitrogens with zero attached hydrogens (tertiary/aromatic N) is 3. The van der Waals surface area contributed by atoms with Crippen LogP contribution in [0.2, 0.25) is 0 Å². The molecule has 4 aromatic rings. The first-order chi connectivity index (χ1) is 17.6. The van der Waals surface area contributed by atoms with Crippen molar-refractivity contribution in [1.82, 2.24) is 5.01 Å². The Bertz CT molecular complexity index is 1600. The fourth-order valence-electron chi connectivity index (χ4n) is 6.01. The van der Waals surface area contributed by atoms with Crippen molar-refractivity contribution in [3.8, 4) is 0 Å². The second-order valence-electron chi connectivity index (χ2n) is 9.47. The molecule has 3 aliphatic rings. The maximum absolute atomic E-state index is 14.0. The van der Waals surface area contributed by atoms with Crippen LogP contribution in [0, 0.1) is 11.8 Å². The average Bonchev–Trinajstić information content (AvgIpc) is 3.40. The lowest BCUT2D eigenvalue weighted by molar-refractivity contribution is -0.124. The molecule has 0 aromatic heterocycles. The predicted octanol–water partition coefficient (Wildman–Crippen LogP) is 4.60. The lowest BCUT2D eigenvalue weighted by Gasteiger charge is -2.33. The molecule has 6 nitrogen and oxygen atoms in total. The van der Waals surface area contributed by atoms with Crippen molar-refractivity contribution in [2.75, 3.05) is 4.90 Å². The second kappa shape index (κ2) is 7.71. The molecule has 7 rings (SSSR count). The van der Waals surface area contributed by atoms with Gasteiger partial charge in [-0.15, -0.1) is 0 Å². The van der Waals surface area contributed by atoms with Crippen LogP contribution in [0.3, 0.4) is 0 Å². The minimum atomic E-state index is -0.867. The molecule has 0 bridgehead atoms. The number of hydrazone groups is 1. The van der Waals surface area contributed by atoms with Gasteiger partial charge in [-0.25, -0.2) is 4.90 Å².